The lowest BCUT2D eigenvalue weighted by molar-refractivity contribution is 1.18. The number of benzene rings is 13. The number of fused-ring (bicyclic) bond motifs is 7. The molecule has 0 unspecified atom stereocenters. The monoisotopic (exact) mass is 940 g/mol. The zero-order valence-corrected chi connectivity index (χ0v) is 40.6. The van der Waals surface area contributed by atoms with Crippen LogP contribution < -0.4 is 4.90 Å². The highest BCUT2D eigenvalue weighted by molar-refractivity contribution is 6.22. The largest absolute Gasteiger partial charge is 0.310 e. The van der Waals surface area contributed by atoms with Crippen LogP contribution in [0.1, 0.15) is 0 Å². The third-order valence-electron chi connectivity index (χ3n) is 14.9. The van der Waals surface area contributed by atoms with Crippen molar-refractivity contribution < 1.29 is 0 Å². The van der Waals surface area contributed by atoms with Crippen molar-refractivity contribution in [2.24, 2.45) is 0 Å². The van der Waals surface area contributed by atoms with Crippen LogP contribution >= 0.6 is 0 Å². The SMILES string of the molecule is c1ccc(-c2c(-c3ccccc3)c3cc(-c4ccc(N(c5ccc(-c6ccc7ccccc7c6)cc5)c5cccc(-c6cccc7c6c6ccccc6n7-c6ccccc6)c5)cc4)ccc3c3ccccc23)cc1. The summed E-state index contributed by atoms with van der Waals surface area (Å²) in [7, 11) is 0. The molecule has 0 atom stereocenters. The summed E-state index contributed by atoms with van der Waals surface area (Å²) in [5.74, 6) is 0. The highest BCUT2D eigenvalue weighted by Crippen LogP contribution is 2.47. The molecule has 0 aliphatic carbocycles. The Morgan fingerprint density at radius 3 is 1.45 bits per heavy atom. The summed E-state index contributed by atoms with van der Waals surface area (Å²) < 4.78 is 2.39. The van der Waals surface area contributed by atoms with Crippen LogP contribution in [0.5, 0.6) is 0 Å². The Balaban J connectivity index is 0.911. The quantitative estimate of drug-likeness (QED) is 0.131. The number of para-hydroxylation sites is 2. The Morgan fingerprint density at radius 1 is 0.243 bits per heavy atom. The molecule has 14 rings (SSSR count). The second kappa shape index (κ2) is 18.1. The van der Waals surface area contributed by atoms with Crippen molar-refractivity contribution in [3.8, 4) is 61.3 Å². The maximum absolute atomic E-state index is 2.41. The van der Waals surface area contributed by atoms with Gasteiger partial charge in [-0.15, -0.1) is 0 Å². The molecule has 0 saturated heterocycles. The first kappa shape index (κ1) is 43.1. The molecule has 2 nitrogen and oxygen atoms in total. The summed E-state index contributed by atoms with van der Waals surface area (Å²) in [6, 6.07) is 106. The van der Waals surface area contributed by atoms with E-state index in [0.717, 1.165) is 33.9 Å². The molecule has 0 bridgehead atoms. The van der Waals surface area contributed by atoms with Crippen LogP contribution in [0.4, 0.5) is 17.1 Å². The van der Waals surface area contributed by atoms with Gasteiger partial charge >= 0.3 is 0 Å². The van der Waals surface area contributed by atoms with Crippen LogP contribution in [0.25, 0.3) is 115 Å². The van der Waals surface area contributed by atoms with Crippen LogP contribution in [0.15, 0.2) is 291 Å². The molecule has 0 saturated carbocycles. The Bertz CT molecular complexity index is 4380. The highest BCUT2D eigenvalue weighted by Gasteiger charge is 2.21. The summed E-state index contributed by atoms with van der Waals surface area (Å²) in [6.45, 7) is 0. The zero-order chi connectivity index (χ0) is 49.0. The van der Waals surface area contributed by atoms with Gasteiger partial charge in [-0.2, -0.15) is 0 Å². The summed E-state index contributed by atoms with van der Waals surface area (Å²) in [5.41, 5.74) is 18.8. The fraction of sp³-hybridized carbons (Fsp3) is 0. The molecule has 0 aliphatic rings. The van der Waals surface area contributed by atoms with Gasteiger partial charge in [-0.3, -0.25) is 0 Å². The molecule has 0 spiro atoms. The minimum absolute atomic E-state index is 1.08. The average Bonchev–Trinajstić information content (AvgIpc) is 3.86. The van der Waals surface area contributed by atoms with Crippen molar-refractivity contribution in [3.05, 3.63) is 291 Å². The van der Waals surface area contributed by atoms with E-state index < -0.39 is 0 Å². The molecule has 346 valence electrons. The van der Waals surface area contributed by atoms with E-state index in [1.165, 1.54) is 98.6 Å². The minimum Gasteiger partial charge on any atom is -0.310 e. The second-order valence-corrected chi connectivity index (χ2v) is 19.2. The summed E-state index contributed by atoms with van der Waals surface area (Å²) in [5, 5.41) is 9.96. The first-order valence-electron chi connectivity index (χ1n) is 25.5. The normalized spacial score (nSPS) is 11.5. The standard InChI is InChI=1S/C72H48N2/c1-4-19-52(20-5-1)70-65-29-13-12-28-63(65)64-45-40-56(48-67(64)71(70)53-21-6-2-7-22-53)51-38-43-60(44-39-51)73(59-41-36-50(37-42-59)55-35-34-49-18-10-11-23-54(49)46-55)61-27-16-24-57(47-61)62-31-17-33-69-72(62)66-30-14-15-32-68(66)74(69)58-25-8-3-9-26-58/h1-48H. The predicted octanol–water partition coefficient (Wildman–Crippen LogP) is 20.0. The first-order chi connectivity index (χ1) is 36.7. The third-order valence-corrected chi connectivity index (χ3v) is 14.9. The summed E-state index contributed by atoms with van der Waals surface area (Å²) >= 11 is 0. The van der Waals surface area contributed by atoms with E-state index in [2.05, 4.69) is 301 Å². The molecule has 1 aromatic heterocycles. The van der Waals surface area contributed by atoms with E-state index in [9.17, 15) is 0 Å². The van der Waals surface area contributed by atoms with Crippen molar-refractivity contribution in [1.82, 2.24) is 4.57 Å². The fourth-order valence-electron chi connectivity index (χ4n) is 11.5. The number of aromatic nitrogens is 1. The molecule has 0 radical (unpaired) electrons. The molecular formula is C72H48N2. The molecule has 0 N–H and O–H groups in total. The number of hydrogen-bond donors (Lipinski definition) is 0. The van der Waals surface area contributed by atoms with Gasteiger partial charge in [0.1, 0.15) is 0 Å². The van der Waals surface area contributed by atoms with Crippen LogP contribution in [-0.2, 0) is 0 Å². The molecule has 0 fully saturated rings. The lowest BCUT2D eigenvalue weighted by Crippen LogP contribution is -2.10. The molecule has 2 heteroatoms. The second-order valence-electron chi connectivity index (χ2n) is 19.2. The van der Waals surface area contributed by atoms with Gasteiger partial charge in [-0.25, -0.2) is 0 Å². The van der Waals surface area contributed by atoms with Crippen LogP contribution in [-0.4, -0.2) is 4.57 Å². The lowest BCUT2D eigenvalue weighted by Gasteiger charge is -2.26. The van der Waals surface area contributed by atoms with Crippen LogP contribution in [0.2, 0.25) is 0 Å². The molecule has 1 heterocycles. The van der Waals surface area contributed by atoms with Crippen molar-refractivity contribution in [2.45, 2.75) is 0 Å². The Hall–Kier alpha value is -9.76. The van der Waals surface area contributed by atoms with Gasteiger partial charge in [-0.05, 0) is 161 Å². The number of rotatable bonds is 9. The lowest BCUT2D eigenvalue weighted by atomic mass is 9.84. The van der Waals surface area contributed by atoms with Gasteiger partial charge in [0.15, 0.2) is 0 Å². The fourth-order valence-corrected chi connectivity index (χ4v) is 11.5. The van der Waals surface area contributed by atoms with Gasteiger partial charge in [0.2, 0.25) is 0 Å². The first-order valence-corrected chi connectivity index (χ1v) is 25.5. The number of anilines is 3. The smallest absolute Gasteiger partial charge is 0.0547 e. The molecular weight excluding hydrogens is 893 g/mol. The van der Waals surface area contributed by atoms with E-state index in [1.807, 2.05) is 0 Å². The Labute approximate surface area is 430 Å². The summed E-state index contributed by atoms with van der Waals surface area (Å²) in [4.78, 5) is 2.40. The number of nitrogens with zero attached hydrogens (tertiary/aromatic N) is 2. The van der Waals surface area contributed by atoms with Crippen molar-refractivity contribution in [3.63, 3.8) is 0 Å². The summed E-state index contributed by atoms with van der Waals surface area (Å²) in [6.07, 6.45) is 0. The topological polar surface area (TPSA) is 8.17 Å². The van der Waals surface area contributed by atoms with Gasteiger partial charge in [-0.1, -0.05) is 218 Å². The third kappa shape index (κ3) is 7.43. The van der Waals surface area contributed by atoms with Gasteiger partial charge < -0.3 is 9.47 Å². The average molecular weight is 941 g/mol. The van der Waals surface area contributed by atoms with Crippen molar-refractivity contribution in [2.75, 3.05) is 4.90 Å². The molecule has 0 aliphatic heterocycles. The highest BCUT2D eigenvalue weighted by atomic mass is 15.1. The van der Waals surface area contributed by atoms with E-state index in [1.54, 1.807) is 0 Å². The van der Waals surface area contributed by atoms with E-state index in [0.29, 0.717) is 0 Å². The van der Waals surface area contributed by atoms with E-state index in [4.69, 9.17) is 0 Å². The van der Waals surface area contributed by atoms with E-state index >= 15 is 0 Å². The Morgan fingerprint density at radius 2 is 0.743 bits per heavy atom. The van der Waals surface area contributed by atoms with Crippen LogP contribution in [0, 0.1) is 0 Å². The molecule has 13 aromatic carbocycles. The molecule has 0 amide bonds. The van der Waals surface area contributed by atoms with Gasteiger partial charge in [0, 0.05) is 33.5 Å². The van der Waals surface area contributed by atoms with Crippen LogP contribution in [0.3, 0.4) is 0 Å². The van der Waals surface area contributed by atoms with E-state index in [-0.39, 0.29) is 0 Å². The maximum Gasteiger partial charge on any atom is 0.0547 e. The van der Waals surface area contributed by atoms with Crippen molar-refractivity contribution in [1.29, 1.82) is 0 Å². The Kier molecular flexibility index (Phi) is 10.6. The zero-order valence-electron chi connectivity index (χ0n) is 40.6. The number of hydrogen-bond acceptors (Lipinski definition) is 1. The van der Waals surface area contributed by atoms with Gasteiger partial charge in [0.05, 0.1) is 11.0 Å². The molecule has 74 heavy (non-hydrogen) atoms. The minimum atomic E-state index is 1.08. The predicted molar refractivity (Wildman–Crippen MR) is 315 cm³/mol. The maximum atomic E-state index is 2.41. The van der Waals surface area contributed by atoms with Crippen molar-refractivity contribution >= 4 is 71.2 Å². The van der Waals surface area contributed by atoms with Gasteiger partial charge in [0.25, 0.3) is 0 Å². The molecule has 14 aromatic rings.